The normalized spacial score (nSPS) is 33.4. The number of hydrogen-bond acceptors (Lipinski definition) is 3. The molecule has 1 aliphatic heterocycles. The van der Waals surface area contributed by atoms with Crippen molar-refractivity contribution in [2.75, 3.05) is 0 Å². The van der Waals surface area contributed by atoms with Crippen LogP contribution in [0, 0.1) is 5.92 Å². The average molecular weight is 234 g/mol. The third kappa shape index (κ3) is 2.10. The third-order valence-electron chi connectivity index (χ3n) is 4.37. The molecule has 2 heterocycles. The molecule has 2 aliphatic rings. The number of nitrogens with two attached hydrogens (primary N) is 1. The lowest BCUT2D eigenvalue weighted by atomic mass is 9.85. The molecule has 0 saturated heterocycles. The molecule has 0 bridgehead atoms. The summed E-state index contributed by atoms with van der Waals surface area (Å²) in [7, 11) is 0. The zero-order valence-electron chi connectivity index (χ0n) is 10.6. The fourth-order valence-corrected chi connectivity index (χ4v) is 3.19. The first-order valence-corrected chi connectivity index (χ1v) is 6.91. The van der Waals surface area contributed by atoms with Gasteiger partial charge < -0.3 is 10.3 Å². The van der Waals surface area contributed by atoms with Gasteiger partial charge in [0.1, 0.15) is 11.6 Å². The highest BCUT2D eigenvalue weighted by Crippen LogP contribution is 2.33. The molecule has 0 aromatic carbocycles. The van der Waals surface area contributed by atoms with Crippen LogP contribution in [0.15, 0.2) is 0 Å². The Kier molecular flexibility index (Phi) is 2.90. The van der Waals surface area contributed by atoms with E-state index >= 15 is 0 Å². The Morgan fingerprint density at radius 2 is 1.88 bits per heavy atom. The lowest BCUT2D eigenvalue weighted by Gasteiger charge is -2.27. The maximum Gasteiger partial charge on any atom is 0.136 e. The van der Waals surface area contributed by atoms with Crippen molar-refractivity contribution in [3.8, 4) is 0 Å². The summed E-state index contributed by atoms with van der Waals surface area (Å²) in [5.41, 5.74) is 5.96. The summed E-state index contributed by atoms with van der Waals surface area (Å²) in [4.78, 5) is 0. The SMILES string of the molecule is CC1CCn2c(nnc2C2CCC(N)CC2)C1. The molecule has 4 nitrogen and oxygen atoms in total. The smallest absolute Gasteiger partial charge is 0.136 e. The zero-order chi connectivity index (χ0) is 11.8. The molecule has 2 N–H and O–H groups in total. The molecule has 17 heavy (non-hydrogen) atoms. The highest BCUT2D eigenvalue weighted by Gasteiger charge is 2.27. The molecule has 0 radical (unpaired) electrons. The van der Waals surface area contributed by atoms with E-state index in [1.165, 1.54) is 30.9 Å². The van der Waals surface area contributed by atoms with Crippen LogP contribution in [0.5, 0.6) is 0 Å². The molecule has 1 atom stereocenters. The first-order chi connectivity index (χ1) is 8.24. The van der Waals surface area contributed by atoms with E-state index in [9.17, 15) is 0 Å². The average Bonchev–Trinajstić information content (AvgIpc) is 2.73. The van der Waals surface area contributed by atoms with Crippen molar-refractivity contribution in [1.29, 1.82) is 0 Å². The van der Waals surface area contributed by atoms with E-state index in [2.05, 4.69) is 21.7 Å². The highest BCUT2D eigenvalue weighted by molar-refractivity contribution is 5.06. The van der Waals surface area contributed by atoms with E-state index in [1.807, 2.05) is 0 Å². The second kappa shape index (κ2) is 4.41. The van der Waals surface area contributed by atoms with Gasteiger partial charge in [-0.15, -0.1) is 10.2 Å². The predicted molar refractivity (Wildman–Crippen MR) is 66.7 cm³/mol. The Hall–Kier alpha value is -0.900. The molecule has 3 rings (SSSR count). The van der Waals surface area contributed by atoms with Crippen LogP contribution in [0.25, 0.3) is 0 Å². The summed E-state index contributed by atoms with van der Waals surface area (Å²) < 4.78 is 2.38. The van der Waals surface area contributed by atoms with Gasteiger partial charge in [-0.25, -0.2) is 0 Å². The van der Waals surface area contributed by atoms with Gasteiger partial charge in [0.25, 0.3) is 0 Å². The van der Waals surface area contributed by atoms with E-state index in [0.29, 0.717) is 12.0 Å². The van der Waals surface area contributed by atoms with Crippen LogP contribution >= 0.6 is 0 Å². The van der Waals surface area contributed by atoms with E-state index < -0.39 is 0 Å². The Bertz CT molecular complexity index is 390. The fourth-order valence-electron chi connectivity index (χ4n) is 3.19. The lowest BCUT2D eigenvalue weighted by molar-refractivity contribution is 0.354. The minimum absolute atomic E-state index is 0.412. The summed E-state index contributed by atoms with van der Waals surface area (Å²) in [5.74, 6) is 3.80. The molecular formula is C13H22N4. The number of nitrogens with zero attached hydrogens (tertiary/aromatic N) is 3. The van der Waals surface area contributed by atoms with Gasteiger partial charge in [-0.3, -0.25) is 0 Å². The minimum atomic E-state index is 0.412. The topological polar surface area (TPSA) is 56.7 Å². The van der Waals surface area contributed by atoms with Crippen LogP contribution in [0.4, 0.5) is 0 Å². The number of rotatable bonds is 1. The van der Waals surface area contributed by atoms with Crippen LogP contribution in [0.3, 0.4) is 0 Å². The third-order valence-corrected chi connectivity index (χ3v) is 4.37. The molecule has 1 aliphatic carbocycles. The van der Waals surface area contributed by atoms with E-state index in [1.54, 1.807) is 0 Å². The van der Waals surface area contributed by atoms with Crippen molar-refractivity contribution in [1.82, 2.24) is 14.8 Å². The number of aromatic nitrogens is 3. The lowest BCUT2D eigenvalue weighted by Crippen LogP contribution is -2.27. The molecule has 0 spiro atoms. The van der Waals surface area contributed by atoms with Crippen molar-refractivity contribution in [3.05, 3.63) is 11.6 Å². The molecule has 1 saturated carbocycles. The van der Waals surface area contributed by atoms with Crippen molar-refractivity contribution in [2.24, 2.45) is 11.7 Å². The van der Waals surface area contributed by atoms with Crippen LogP contribution in [-0.2, 0) is 13.0 Å². The van der Waals surface area contributed by atoms with Crippen LogP contribution < -0.4 is 5.73 Å². The van der Waals surface area contributed by atoms with Gasteiger partial charge in [0.2, 0.25) is 0 Å². The number of fused-ring (bicyclic) bond motifs is 1. The summed E-state index contributed by atoms with van der Waals surface area (Å²) >= 11 is 0. The van der Waals surface area contributed by atoms with Crippen molar-refractivity contribution < 1.29 is 0 Å². The van der Waals surface area contributed by atoms with Gasteiger partial charge in [0.05, 0.1) is 0 Å². The summed E-state index contributed by atoms with van der Waals surface area (Å²) in [6.07, 6.45) is 7.03. The number of hydrogen-bond donors (Lipinski definition) is 1. The molecule has 94 valence electrons. The minimum Gasteiger partial charge on any atom is -0.328 e. The molecular weight excluding hydrogens is 212 g/mol. The Labute approximate surface area is 103 Å². The maximum absolute atomic E-state index is 5.96. The summed E-state index contributed by atoms with van der Waals surface area (Å²) in [6, 6.07) is 0.412. The zero-order valence-corrected chi connectivity index (χ0v) is 10.6. The Balaban J connectivity index is 1.80. The molecule has 1 unspecified atom stereocenters. The van der Waals surface area contributed by atoms with Crippen LogP contribution in [0.1, 0.15) is 56.6 Å². The van der Waals surface area contributed by atoms with Gasteiger partial charge in [0.15, 0.2) is 0 Å². The van der Waals surface area contributed by atoms with E-state index in [-0.39, 0.29) is 0 Å². The maximum atomic E-state index is 5.96. The van der Waals surface area contributed by atoms with E-state index in [4.69, 9.17) is 5.73 Å². The highest BCUT2D eigenvalue weighted by atomic mass is 15.3. The molecule has 1 aromatic rings. The largest absolute Gasteiger partial charge is 0.328 e. The first-order valence-electron chi connectivity index (χ1n) is 6.91. The molecule has 0 amide bonds. The quantitative estimate of drug-likeness (QED) is 0.806. The molecule has 1 fully saturated rings. The van der Waals surface area contributed by atoms with Gasteiger partial charge in [-0.2, -0.15) is 0 Å². The van der Waals surface area contributed by atoms with Crippen molar-refractivity contribution in [2.45, 2.75) is 64.0 Å². The summed E-state index contributed by atoms with van der Waals surface area (Å²) in [6.45, 7) is 3.42. The van der Waals surface area contributed by atoms with Gasteiger partial charge in [-0.05, 0) is 38.0 Å². The second-order valence-electron chi connectivity index (χ2n) is 5.84. The molecule has 1 aromatic heterocycles. The van der Waals surface area contributed by atoms with Crippen molar-refractivity contribution in [3.63, 3.8) is 0 Å². The standard InChI is InChI=1S/C13H22N4/c1-9-6-7-17-12(8-9)15-16-13(17)10-2-4-11(14)5-3-10/h9-11H,2-8,14H2,1H3. The summed E-state index contributed by atoms with van der Waals surface area (Å²) in [5, 5.41) is 8.84. The van der Waals surface area contributed by atoms with Crippen LogP contribution in [-0.4, -0.2) is 20.8 Å². The van der Waals surface area contributed by atoms with E-state index in [0.717, 1.165) is 31.7 Å². The van der Waals surface area contributed by atoms with Gasteiger partial charge >= 0.3 is 0 Å². The Morgan fingerprint density at radius 1 is 1.12 bits per heavy atom. The predicted octanol–water partition coefficient (Wildman–Crippen LogP) is 1.85. The molecule has 4 heteroatoms. The first kappa shape index (κ1) is 11.2. The van der Waals surface area contributed by atoms with Gasteiger partial charge in [-0.1, -0.05) is 6.92 Å². The fraction of sp³-hybridized carbons (Fsp3) is 0.846. The van der Waals surface area contributed by atoms with Gasteiger partial charge in [0, 0.05) is 24.9 Å². The van der Waals surface area contributed by atoms with Crippen molar-refractivity contribution >= 4 is 0 Å². The Morgan fingerprint density at radius 3 is 2.65 bits per heavy atom. The van der Waals surface area contributed by atoms with Crippen LogP contribution in [0.2, 0.25) is 0 Å². The second-order valence-corrected chi connectivity index (χ2v) is 5.84. The monoisotopic (exact) mass is 234 g/mol.